The summed E-state index contributed by atoms with van der Waals surface area (Å²) in [5.41, 5.74) is 6.85. The van der Waals surface area contributed by atoms with Crippen molar-refractivity contribution in [3.63, 3.8) is 0 Å². The van der Waals surface area contributed by atoms with Gasteiger partial charge < -0.3 is 30.8 Å². The predicted molar refractivity (Wildman–Crippen MR) is 131 cm³/mol. The normalized spacial score (nSPS) is 19.3. The fourth-order valence-electron chi connectivity index (χ4n) is 4.10. The lowest BCUT2D eigenvalue weighted by Crippen LogP contribution is -2.71. The number of thioether (sulfide) groups is 1. The first kappa shape index (κ1) is 24.5. The van der Waals surface area contributed by atoms with Crippen molar-refractivity contribution in [1.82, 2.24) is 25.2 Å². The van der Waals surface area contributed by atoms with E-state index in [9.17, 15) is 19.5 Å². The number of hydrogen-bond donors (Lipinski definition) is 3. The summed E-state index contributed by atoms with van der Waals surface area (Å²) in [4.78, 5) is 55.2. The van der Waals surface area contributed by atoms with E-state index in [4.69, 9.17) is 10.6 Å². The van der Waals surface area contributed by atoms with Gasteiger partial charge >= 0.3 is 0 Å². The molecule has 0 unspecified atom stereocenters. The van der Waals surface area contributed by atoms with Crippen molar-refractivity contribution in [2.24, 2.45) is 5.16 Å². The number of hydrogen-bond acceptors (Lipinski definition) is 11. The summed E-state index contributed by atoms with van der Waals surface area (Å²) in [6, 6.07) is 2.75. The highest BCUT2D eigenvalue weighted by atomic mass is 32.2. The Kier molecular flexibility index (Phi) is 6.62. The summed E-state index contributed by atoms with van der Waals surface area (Å²) in [7, 11) is 1.27. The molecule has 2 aliphatic rings. The monoisotopic (exact) mass is 540 g/mol. The molecule has 0 spiro atoms. The van der Waals surface area contributed by atoms with Crippen molar-refractivity contribution in [3.8, 4) is 11.4 Å². The van der Waals surface area contributed by atoms with Gasteiger partial charge in [-0.1, -0.05) is 5.16 Å². The maximum atomic E-state index is 13.0. The molecular formula is C22H20N8O5S2. The lowest BCUT2D eigenvalue weighted by Gasteiger charge is -2.50. The molecule has 1 saturated heterocycles. The van der Waals surface area contributed by atoms with Gasteiger partial charge in [0.25, 0.3) is 11.8 Å². The summed E-state index contributed by atoms with van der Waals surface area (Å²) in [6.07, 6.45) is 6.98. The number of anilines is 1. The third-order valence-electron chi connectivity index (χ3n) is 5.69. The smallest absolute Gasteiger partial charge is 0.276 e. The van der Waals surface area contributed by atoms with Gasteiger partial charge in [-0.15, -0.1) is 23.1 Å². The molecule has 2 amide bonds. The molecule has 3 aromatic heterocycles. The minimum Gasteiger partial charge on any atom is -0.543 e. The van der Waals surface area contributed by atoms with Crippen molar-refractivity contribution in [3.05, 3.63) is 59.3 Å². The number of H-pyrrole nitrogens is 1. The summed E-state index contributed by atoms with van der Waals surface area (Å²) in [5.74, 6) is -1.72. The molecule has 0 saturated carbocycles. The van der Waals surface area contributed by atoms with Crippen LogP contribution in [0.4, 0.5) is 5.13 Å². The van der Waals surface area contributed by atoms with Crippen LogP contribution in [-0.2, 0) is 25.8 Å². The van der Waals surface area contributed by atoms with Gasteiger partial charge in [-0.3, -0.25) is 14.5 Å². The Labute approximate surface area is 218 Å². The van der Waals surface area contributed by atoms with Crippen molar-refractivity contribution in [2.45, 2.75) is 18.0 Å². The second-order valence-corrected chi connectivity index (χ2v) is 9.99. The molecule has 15 heteroatoms. The molecule has 3 aromatic rings. The van der Waals surface area contributed by atoms with Crippen LogP contribution in [0.25, 0.3) is 11.4 Å². The molecule has 5 heterocycles. The van der Waals surface area contributed by atoms with Crippen LogP contribution in [0.1, 0.15) is 5.69 Å². The van der Waals surface area contributed by atoms with Crippen LogP contribution >= 0.6 is 23.1 Å². The Balaban J connectivity index is 1.35. The number of rotatable bonds is 8. The summed E-state index contributed by atoms with van der Waals surface area (Å²) in [5, 5.41) is 19.6. The fraction of sp³-hybridized carbons (Fsp3) is 0.227. The minimum absolute atomic E-state index is 0.147. The molecule has 0 aromatic carbocycles. The molecule has 13 nitrogen and oxygen atoms in total. The first-order chi connectivity index (χ1) is 17.9. The topological polar surface area (TPSA) is 183 Å². The SMILES string of the molecule is CO/N=C(\C(=O)N[C@H]1C(=O)N2C(C(=O)[O-])=C(C[n+]3cccc(-c4ncc[nH]4)c3)CS[C@@H]12)c1csc(N)n1. The fourth-order valence-corrected chi connectivity index (χ4v) is 5.98. The number of oxime groups is 1. The number of nitrogens with one attached hydrogen (secondary N) is 2. The maximum absolute atomic E-state index is 13.0. The second-order valence-electron chi connectivity index (χ2n) is 8.00. The van der Waals surface area contributed by atoms with E-state index in [1.165, 1.54) is 18.9 Å². The molecule has 2 atom stereocenters. The Morgan fingerprint density at radius 1 is 1.46 bits per heavy atom. The number of carboxylic acid groups (broad SMARTS) is 1. The van der Waals surface area contributed by atoms with Gasteiger partial charge in [-0.25, -0.2) is 14.5 Å². The average molecular weight is 541 g/mol. The molecule has 0 aliphatic carbocycles. The van der Waals surface area contributed by atoms with Gasteiger partial charge in [-0.05, 0) is 6.07 Å². The zero-order valence-corrected chi connectivity index (χ0v) is 20.9. The third-order valence-corrected chi connectivity index (χ3v) is 7.71. The standard InChI is InChI=1S/C22H20N8O5S2/c1-35-28-14(13-10-37-22(23)26-13)18(31)27-15-19(32)30-16(21(33)34)12(9-36-20(15)30)8-29-6-2-3-11(7-29)17-24-4-5-25-17/h2-7,10,15,20H,8-9H2,1H3,(H4-,23,24,25,26,27,31,33,34)/b28-14-/t15-,20-/m0/s1. The van der Waals surface area contributed by atoms with E-state index in [2.05, 4.69) is 25.4 Å². The highest BCUT2D eigenvalue weighted by Crippen LogP contribution is 2.40. The number of carboxylic acids is 1. The van der Waals surface area contributed by atoms with Gasteiger partial charge in [0, 0.05) is 35.2 Å². The maximum Gasteiger partial charge on any atom is 0.276 e. The van der Waals surface area contributed by atoms with E-state index in [0.29, 0.717) is 17.2 Å². The van der Waals surface area contributed by atoms with E-state index in [1.807, 2.05) is 22.9 Å². The van der Waals surface area contributed by atoms with E-state index in [-0.39, 0.29) is 28.8 Å². The summed E-state index contributed by atoms with van der Waals surface area (Å²) >= 11 is 2.47. The third kappa shape index (κ3) is 4.65. The zero-order valence-electron chi connectivity index (χ0n) is 19.3. The van der Waals surface area contributed by atoms with Crippen LogP contribution < -0.4 is 20.7 Å². The van der Waals surface area contributed by atoms with Crippen LogP contribution in [0.2, 0.25) is 0 Å². The predicted octanol–water partition coefficient (Wildman–Crippen LogP) is -1.14. The molecule has 190 valence electrons. The highest BCUT2D eigenvalue weighted by molar-refractivity contribution is 8.00. The average Bonchev–Trinajstić information content (AvgIpc) is 3.57. The number of thiazole rings is 1. The Bertz CT molecular complexity index is 1430. The number of β-lactam (4-membered cyclic amide) rings is 1. The molecule has 0 bridgehead atoms. The molecule has 5 rings (SSSR count). The molecule has 4 N–H and O–H groups in total. The Hall–Kier alpha value is -4.24. The number of aromatic amines is 1. The molecule has 1 fully saturated rings. The van der Waals surface area contributed by atoms with Gasteiger partial charge in [-0.2, -0.15) is 0 Å². The van der Waals surface area contributed by atoms with Crippen LogP contribution in [0.3, 0.4) is 0 Å². The van der Waals surface area contributed by atoms with E-state index in [0.717, 1.165) is 21.8 Å². The van der Waals surface area contributed by atoms with E-state index < -0.39 is 29.2 Å². The highest BCUT2D eigenvalue weighted by Gasteiger charge is 2.53. The Morgan fingerprint density at radius 2 is 2.30 bits per heavy atom. The number of amides is 2. The molecular weight excluding hydrogens is 520 g/mol. The number of carbonyl (C=O) groups excluding carboxylic acids is 3. The number of nitrogen functional groups attached to an aromatic ring is 1. The van der Waals surface area contributed by atoms with Crippen molar-refractivity contribution in [2.75, 3.05) is 18.6 Å². The molecule has 37 heavy (non-hydrogen) atoms. The lowest BCUT2D eigenvalue weighted by atomic mass is 10.0. The largest absolute Gasteiger partial charge is 0.543 e. The van der Waals surface area contributed by atoms with Gasteiger partial charge in [0.15, 0.2) is 29.8 Å². The number of nitrogens with zero attached hydrogens (tertiary/aromatic N) is 5. The number of carbonyl (C=O) groups is 3. The van der Waals surface area contributed by atoms with Crippen LogP contribution in [0.15, 0.2) is 58.7 Å². The number of nitrogens with two attached hydrogens (primary N) is 1. The second kappa shape index (κ2) is 10.0. The Morgan fingerprint density at radius 3 is 2.97 bits per heavy atom. The number of aromatic nitrogens is 4. The number of pyridine rings is 1. The van der Waals surface area contributed by atoms with Gasteiger partial charge in [0.05, 0.1) is 17.2 Å². The summed E-state index contributed by atoms with van der Waals surface area (Å²) in [6.45, 7) is 0.230. The minimum atomic E-state index is -1.46. The first-order valence-electron chi connectivity index (χ1n) is 10.9. The van der Waals surface area contributed by atoms with Crippen molar-refractivity contribution in [1.29, 1.82) is 0 Å². The molecule has 0 radical (unpaired) electrons. The van der Waals surface area contributed by atoms with E-state index in [1.54, 1.807) is 24.0 Å². The van der Waals surface area contributed by atoms with E-state index >= 15 is 0 Å². The van der Waals surface area contributed by atoms with Crippen molar-refractivity contribution < 1.29 is 28.9 Å². The number of aliphatic carboxylic acids is 1. The summed E-state index contributed by atoms with van der Waals surface area (Å²) < 4.78 is 1.81. The number of fused-ring (bicyclic) bond motifs is 1. The quantitative estimate of drug-likeness (QED) is 0.138. The van der Waals surface area contributed by atoms with Crippen molar-refractivity contribution >= 4 is 51.7 Å². The van der Waals surface area contributed by atoms with Crippen LogP contribution in [-0.4, -0.2) is 67.6 Å². The lowest BCUT2D eigenvalue weighted by molar-refractivity contribution is -0.688. The van der Waals surface area contributed by atoms with Crippen LogP contribution in [0, 0.1) is 0 Å². The van der Waals surface area contributed by atoms with Gasteiger partial charge in [0.1, 0.15) is 30.0 Å². The molecule has 2 aliphatic heterocycles. The van der Waals surface area contributed by atoms with Gasteiger partial charge in [0.2, 0.25) is 0 Å². The van der Waals surface area contributed by atoms with Crippen LogP contribution in [0.5, 0.6) is 0 Å². The zero-order chi connectivity index (χ0) is 26.1. The number of imidazole rings is 1. The first-order valence-corrected chi connectivity index (χ1v) is 12.8.